The molecule has 3 aromatic heterocycles. The number of hydrogen-bond acceptors (Lipinski definition) is 5. The van der Waals surface area contributed by atoms with Gasteiger partial charge in [-0.05, 0) is 49.1 Å². The van der Waals surface area contributed by atoms with Gasteiger partial charge in [0.1, 0.15) is 23.1 Å². The maximum atomic E-state index is 14.4. The van der Waals surface area contributed by atoms with Crippen molar-refractivity contribution in [1.29, 1.82) is 0 Å². The molecule has 1 aliphatic rings. The first kappa shape index (κ1) is 18.7. The summed E-state index contributed by atoms with van der Waals surface area (Å²) in [5, 5.41) is 17.8. The standard InChI is InChI=1S/C21H20F2N6O/c22-15-3-4-17(23)16(10-15)18-2-1-7-27(18)20-5-8-28-21(26-20)19(12-25-28)29-13-14(6-9-30)11-24-29/h3-5,8,10-13,18,30H,1-2,6-7,9H2/t18-/m0/s1. The van der Waals surface area contributed by atoms with Crippen molar-refractivity contribution < 1.29 is 13.9 Å². The average molecular weight is 410 g/mol. The quantitative estimate of drug-likeness (QED) is 0.548. The smallest absolute Gasteiger partial charge is 0.183 e. The third-order valence-electron chi connectivity index (χ3n) is 5.48. The minimum absolute atomic E-state index is 0.0514. The lowest BCUT2D eigenvalue weighted by atomic mass is 10.0. The van der Waals surface area contributed by atoms with E-state index < -0.39 is 11.6 Å². The molecule has 9 heteroatoms. The molecule has 4 heterocycles. The molecule has 5 rings (SSSR count). The molecule has 1 atom stereocenters. The minimum atomic E-state index is -0.447. The van der Waals surface area contributed by atoms with Gasteiger partial charge in [0.15, 0.2) is 5.65 Å². The lowest BCUT2D eigenvalue weighted by Crippen LogP contribution is -2.24. The van der Waals surface area contributed by atoms with Crippen molar-refractivity contribution in [3.63, 3.8) is 0 Å². The van der Waals surface area contributed by atoms with Crippen LogP contribution in [0.4, 0.5) is 14.6 Å². The molecule has 1 fully saturated rings. The molecule has 0 saturated carbocycles. The molecule has 7 nitrogen and oxygen atoms in total. The molecule has 0 spiro atoms. The molecule has 0 radical (unpaired) electrons. The SMILES string of the molecule is OCCc1cnn(-c2cnn3ccc(N4CCC[C@H]4c4cc(F)ccc4F)nc23)c1. The summed E-state index contributed by atoms with van der Waals surface area (Å²) < 4.78 is 31.5. The van der Waals surface area contributed by atoms with Crippen molar-refractivity contribution in [2.45, 2.75) is 25.3 Å². The van der Waals surface area contributed by atoms with E-state index in [1.165, 1.54) is 12.1 Å². The molecule has 0 aliphatic carbocycles. The van der Waals surface area contributed by atoms with Gasteiger partial charge in [-0.2, -0.15) is 10.2 Å². The molecule has 1 N–H and O–H groups in total. The molecule has 1 saturated heterocycles. The van der Waals surface area contributed by atoms with Gasteiger partial charge >= 0.3 is 0 Å². The summed E-state index contributed by atoms with van der Waals surface area (Å²) in [6, 6.07) is 5.14. The van der Waals surface area contributed by atoms with Crippen LogP contribution in [0, 0.1) is 11.6 Å². The summed E-state index contributed by atoms with van der Waals surface area (Å²) in [4.78, 5) is 6.79. The first-order valence-corrected chi connectivity index (χ1v) is 9.85. The van der Waals surface area contributed by atoms with E-state index in [1.54, 1.807) is 27.8 Å². The number of rotatable bonds is 5. The third kappa shape index (κ3) is 3.21. The predicted molar refractivity (Wildman–Crippen MR) is 107 cm³/mol. The van der Waals surface area contributed by atoms with Crippen LogP contribution in [0.5, 0.6) is 0 Å². The van der Waals surface area contributed by atoms with Crippen molar-refractivity contribution in [3.8, 4) is 5.69 Å². The lowest BCUT2D eigenvalue weighted by molar-refractivity contribution is 0.299. The van der Waals surface area contributed by atoms with Crippen LogP contribution in [0.2, 0.25) is 0 Å². The highest BCUT2D eigenvalue weighted by atomic mass is 19.1. The molecule has 1 aromatic carbocycles. The Morgan fingerprint density at radius 2 is 2.03 bits per heavy atom. The van der Waals surface area contributed by atoms with Crippen LogP contribution in [0.15, 0.2) is 49.1 Å². The van der Waals surface area contributed by atoms with E-state index >= 15 is 0 Å². The molecular formula is C21H20F2N6O. The van der Waals surface area contributed by atoms with Crippen molar-refractivity contribution in [2.24, 2.45) is 0 Å². The maximum absolute atomic E-state index is 14.4. The normalized spacial score (nSPS) is 16.6. The van der Waals surface area contributed by atoms with Crippen LogP contribution < -0.4 is 4.90 Å². The highest BCUT2D eigenvalue weighted by Gasteiger charge is 2.30. The summed E-state index contributed by atoms with van der Waals surface area (Å²) in [6.07, 6.45) is 9.13. The minimum Gasteiger partial charge on any atom is -0.396 e. The number of benzene rings is 1. The topological polar surface area (TPSA) is 71.5 Å². The van der Waals surface area contributed by atoms with E-state index in [1.807, 2.05) is 17.2 Å². The summed E-state index contributed by atoms with van der Waals surface area (Å²) in [7, 11) is 0. The number of anilines is 1. The molecule has 30 heavy (non-hydrogen) atoms. The van der Waals surface area contributed by atoms with Crippen molar-refractivity contribution in [3.05, 3.63) is 71.8 Å². The van der Waals surface area contributed by atoms with Crippen LogP contribution >= 0.6 is 0 Å². The van der Waals surface area contributed by atoms with Gasteiger partial charge in [-0.15, -0.1) is 0 Å². The van der Waals surface area contributed by atoms with E-state index in [2.05, 4.69) is 10.2 Å². The van der Waals surface area contributed by atoms with Gasteiger partial charge in [0, 0.05) is 31.1 Å². The van der Waals surface area contributed by atoms with Gasteiger partial charge in [0.25, 0.3) is 0 Å². The molecule has 0 unspecified atom stereocenters. The highest BCUT2D eigenvalue weighted by molar-refractivity contribution is 5.61. The molecule has 0 bridgehead atoms. The molecule has 1 aliphatic heterocycles. The van der Waals surface area contributed by atoms with Gasteiger partial charge in [-0.3, -0.25) is 0 Å². The van der Waals surface area contributed by atoms with Gasteiger partial charge in [-0.1, -0.05) is 0 Å². The van der Waals surface area contributed by atoms with Gasteiger partial charge < -0.3 is 10.0 Å². The van der Waals surface area contributed by atoms with Crippen molar-refractivity contribution >= 4 is 11.5 Å². The van der Waals surface area contributed by atoms with Crippen LogP contribution in [0.1, 0.15) is 30.0 Å². The number of nitrogens with zero attached hydrogens (tertiary/aromatic N) is 6. The molecular weight excluding hydrogens is 390 g/mol. The Morgan fingerprint density at radius 3 is 2.90 bits per heavy atom. The van der Waals surface area contributed by atoms with E-state index in [0.717, 1.165) is 24.5 Å². The van der Waals surface area contributed by atoms with Crippen LogP contribution in [-0.4, -0.2) is 42.6 Å². The first-order chi connectivity index (χ1) is 14.6. The Morgan fingerprint density at radius 1 is 1.13 bits per heavy atom. The lowest BCUT2D eigenvalue weighted by Gasteiger charge is -2.26. The zero-order chi connectivity index (χ0) is 20.7. The Labute approximate surface area is 171 Å². The predicted octanol–water partition coefficient (Wildman–Crippen LogP) is 3.07. The highest BCUT2D eigenvalue weighted by Crippen LogP contribution is 2.37. The van der Waals surface area contributed by atoms with Crippen LogP contribution in [-0.2, 0) is 6.42 Å². The summed E-state index contributed by atoms with van der Waals surface area (Å²) in [6.45, 7) is 0.755. The summed E-state index contributed by atoms with van der Waals surface area (Å²) in [5.41, 5.74) is 2.57. The van der Waals surface area contributed by atoms with E-state index in [0.29, 0.717) is 35.7 Å². The average Bonchev–Trinajstić information content (AvgIpc) is 3.48. The maximum Gasteiger partial charge on any atom is 0.183 e. The zero-order valence-corrected chi connectivity index (χ0v) is 16.1. The van der Waals surface area contributed by atoms with E-state index in [4.69, 9.17) is 10.1 Å². The monoisotopic (exact) mass is 410 g/mol. The zero-order valence-electron chi connectivity index (χ0n) is 16.1. The van der Waals surface area contributed by atoms with Gasteiger partial charge in [0.2, 0.25) is 0 Å². The second kappa shape index (κ2) is 7.49. The molecule has 154 valence electrons. The Kier molecular flexibility index (Phi) is 4.66. The fourth-order valence-electron chi connectivity index (χ4n) is 4.05. The fourth-order valence-corrected chi connectivity index (χ4v) is 4.05. The van der Waals surface area contributed by atoms with Crippen molar-refractivity contribution in [1.82, 2.24) is 24.4 Å². The Balaban J connectivity index is 1.53. The first-order valence-electron chi connectivity index (χ1n) is 9.85. The number of fused-ring (bicyclic) bond motifs is 1. The third-order valence-corrected chi connectivity index (χ3v) is 5.48. The largest absolute Gasteiger partial charge is 0.396 e. The van der Waals surface area contributed by atoms with E-state index in [9.17, 15) is 8.78 Å². The second-order valence-electron chi connectivity index (χ2n) is 7.37. The van der Waals surface area contributed by atoms with Gasteiger partial charge in [-0.25, -0.2) is 23.0 Å². The van der Waals surface area contributed by atoms with Crippen molar-refractivity contribution in [2.75, 3.05) is 18.1 Å². The second-order valence-corrected chi connectivity index (χ2v) is 7.37. The number of aliphatic hydroxyl groups excluding tert-OH is 1. The Hall–Kier alpha value is -3.33. The van der Waals surface area contributed by atoms with Crippen LogP contribution in [0.3, 0.4) is 0 Å². The number of halogens is 2. The molecule has 4 aromatic rings. The summed E-state index contributed by atoms with van der Waals surface area (Å²) in [5.74, 6) is -0.178. The van der Waals surface area contributed by atoms with E-state index in [-0.39, 0.29) is 12.6 Å². The number of aliphatic hydroxyl groups is 1. The molecule has 0 amide bonds. The number of aromatic nitrogens is 5. The number of hydrogen-bond donors (Lipinski definition) is 1. The Bertz CT molecular complexity index is 1200. The fraction of sp³-hybridized carbons (Fsp3) is 0.286. The van der Waals surface area contributed by atoms with Gasteiger partial charge in [0.05, 0.1) is 18.4 Å². The van der Waals surface area contributed by atoms with Crippen LogP contribution in [0.25, 0.3) is 11.3 Å². The summed E-state index contributed by atoms with van der Waals surface area (Å²) >= 11 is 0.